The van der Waals surface area contributed by atoms with Gasteiger partial charge in [-0.3, -0.25) is 5.21 Å². The number of nitrogens with two attached hydrogens (primary N) is 2. The van der Waals surface area contributed by atoms with Gasteiger partial charge in [-0.2, -0.15) is 0 Å². The summed E-state index contributed by atoms with van der Waals surface area (Å²) in [7, 11) is 0. The fraction of sp³-hybridized carbons (Fsp3) is 0.857. The van der Waals surface area contributed by atoms with E-state index in [-0.39, 0.29) is 42.4 Å². The van der Waals surface area contributed by atoms with Gasteiger partial charge < -0.3 is 31.9 Å². The summed E-state index contributed by atoms with van der Waals surface area (Å²) < 4.78 is 7.25. The van der Waals surface area contributed by atoms with E-state index in [1.165, 1.54) is 5.57 Å². The van der Waals surface area contributed by atoms with Crippen molar-refractivity contribution >= 4 is 6.21 Å². The molecule has 1 saturated heterocycles. The van der Waals surface area contributed by atoms with Crippen LogP contribution in [0.5, 0.6) is 0 Å². The first-order valence-electron chi connectivity index (χ1n) is 10.9. The number of rotatable bonds is 11. The highest BCUT2D eigenvalue weighted by atomic mass is 16.5. The van der Waals surface area contributed by atoms with E-state index in [0.717, 1.165) is 36.1 Å². The Morgan fingerprint density at radius 1 is 1.31 bits per heavy atom. The summed E-state index contributed by atoms with van der Waals surface area (Å²) in [5, 5.41) is 26.8. The minimum atomic E-state index is -0.194. The Labute approximate surface area is 175 Å². The molecular formula is C21H42N5O3+. The monoisotopic (exact) mass is 412 g/mol. The Kier molecular flexibility index (Phi) is 8.91. The van der Waals surface area contributed by atoms with E-state index in [1.54, 1.807) is 6.21 Å². The van der Waals surface area contributed by atoms with E-state index in [0.29, 0.717) is 19.6 Å². The summed E-state index contributed by atoms with van der Waals surface area (Å²) in [5.74, 6) is 0. The van der Waals surface area contributed by atoms with Crippen LogP contribution in [0.4, 0.5) is 0 Å². The molecule has 0 aliphatic carbocycles. The quantitative estimate of drug-likeness (QED) is 0.125. The van der Waals surface area contributed by atoms with Gasteiger partial charge in [0, 0.05) is 24.3 Å². The Bertz CT molecular complexity index is 587. The fourth-order valence-electron chi connectivity index (χ4n) is 4.19. The van der Waals surface area contributed by atoms with E-state index in [4.69, 9.17) is 16.2 Å². The summed E-state index contributed by atoms with van der Waals surface area (Å²) in [6.07, 6.45) is 5.90. The number of aliphatic hydroxyl groups excluding tert-OH is 1. The summed E-state index contributed by atoms with van der Waals surface area (Å²) in [6, 6.07) is 0.0679. The normalized spacial score (nSPS) is 25.8. The lowest BCUT2D eigenvalue weighted by atomic mass is 9.86. The van der Waals surface area contributed by atoms with Gasteiger partial charge in [0.2, 0.25) is 12.8 Å². The fourth-order valence-corrected chi connectivity index (χ4v) is 4.19. The van der Waals surface area contributed by atoms with Gasteiger partial charge in [-0.1, -0.05) is 20.8 Å². The first-order chi connectivity index (χ1) is 13.7. The van der Waals surface area contributed by atoms with E-state index in [1.807, 2.05) is 0 Å². The van der Waals surface area contributed by atoms with Crippen LogP contribution in [-0.2, 0) is 4.74 Å². The lowest BCUT2D eigenvalue weighted by Gasteiger charge is -2.35. The summed E-state index contributed by atoms with van der Waals surface area (Å²) >= 11 is 0. The smallest absolute Gasteiger partial charge is 0.215 e. The number of aliphatic hydroxyl groups is 1. The SMILES string of the molecule is CC(CC1=C(NC(/C=[N+](/O)CCN)CN)C2CCC(C1)O2)NC(CO)C(C)(C)C. The molecule has 8 nitrogen and oxygen atoms in total. The summed E-state index contributed by atoms with van der Waals surface area (Å²) in [6.45, 7) is 9.79. The summed E-state index contributed by atoms with van der Waals surface area (Å²) in [5.41, 5.74) is 13.9. The highest BCUT2D eigenvalue weighted by Gasteiger charge is 2.37. The molecule has 0 aromatic carbocycles. The van der Waals surface area contributed by atoms with Crippen LogP contribution >= 0.6 is 0 Å². The lowest BCUT2D eigenvalue weighted by molar-refractivity contribution is -0.770. The highest BCUT2D eigenvalue weighted by Crippen LogP contribution is 2.37. The molecule has 168 valence electrons. The number of nitrogens with one attached hydrogen (secondary N) is 2. The van der Waals surface area contributed by atoms with Crippen LogP contribution in [0.15, 0.2) is 11.3 Å². The zero-order valence-electron chi connectivity index (χ0n) is 18.5. The van der Waals surface area contributed by atoms with Crippen LogP contribution in [0.25, 0.3) is 0 Å². The molecule has 0 aromatic rings. The zero-order valence-corrected chi connectivity index (χ0v) is 18.5. The molecule has 2 heterocycles. The highest BCUT2D eigenvalue weighted by molar-refractivity contribution is 5.60. The number of ether oxygens (including phenoxy) is 1. The molecule has 2 bridgehead atoms. The molecule has 5 atom stereocenters. The van der Waals surface area contributed by atoms with Gasteiger partial charge in [-0.25, -0.2) is 0 Å². The third-order valence-corrected chi connectivity index (χ3v) is 5.86. The Morgan fingerprint density at radius 3 is 2.62 bits per heavy atom. The molecule has 0 radical (unpaired) electrons. The zero-order chi connectivity index (χ0) is 21.6. The number of nitrogens with zero attached hydrogens (tertiary/aromatic N) is 1. The van der Waals surface area contributed by atoms with Crippen molar-refractivity contribution in [1.29, 1.82) is 0 Å². The standard InChI is InChI=1S/C21H42N5O3/c1-14(24-19(13-27)21(2,3)4)9-15-10-17-5-6-18(29-17)20(15)25-16(11-23)12-26(28)8-7-22/h12,14,16-19,24-25,27-28H,5-11,13,22-23H2,1-4H3/q+1/b26-12+. The topological polar surface area (TPSA) is 129 Å². The second-order valence-electron chi connectivity index (χ2n) is 9.51. The van der Waals surface area contributed by atoms with Crippen LogP contribution in [0, 0.1) is 5.41 Å². The first kappa shape index (κ1) is 24.1. The molecule has 29 heavy (non-hydrogen) atoms. The van der Waals surface area contributed by atoms with Crippen LogP contribution < -0.4 is 22.1 Å². The second-order valence-corrected chi connectivity index (χ2v) is 9.51. The molecule has 0 saturated carbocycles. The van der Waals surface area contributed by atoms with Crippen molar-refractivity contribution in [3.63, 3.8) is 0 Å². The van der Waals surface area contributed by atoms with Gasteiger partial charge in [0.25, 0.3) is 0 Å². The predicted molar refractivity (Wildman–Crippen MR) is 115 cm³/mol. The third-order valence-electron chi connectivity index (χ3n) is 5.86. The number of hydrogen-bond acceptors (Lipinski definition) is 7. The Morgan fingerprint density at radius 2 is 2.03 bits per heavy atom. The minimum Gasteiger partial charge on any atom is -0.395 e. The maximum Gasteiger partial charge on any atom is 0.215 e. The van der Waals surface area contributed by atoms with Crippen LogP contribution in [0.2, 0.25) is 0 Å². The average Bonchev–Trinajstić information content (AvgIpc) is 3.03. The number of hydroxylamine groups is 1. The molecule has 2 aliphatic heterocycles. The maximum atomic E-state index is 9.95. The van der Waals surface area contributed by atoms with E-state index in [2.05, 4.69) is 38.3 Å². The first-order valence-corrected chi connectivity index (χ1v) is 10.9. The largest absolute Gasteiger partial charge is 0.395 e. The van der Waals surface area contributed by atoms with Crippen molar-refractivity contribution in [3.05, 3.63) is 11.3 Å². The number of hydrogen-bond donors (Lipinski definition) is 6. The van der Waals surface area contributed by atoms with Gasteiger partial charge in [-0.05, 0) is 48.3 Å². The Balaban J connectivity index is 2.15. The molecule has 8 N–H and O–H groups in total. The molecule has 5 unspecified atom stereocenters. The number of fused-ring (bicyclic) bond motifs is 2. The minimum absolute atomic E-state index is 0.0135. The Hall–Kier alpha value is -1.19. The molecule has 2 rings (SSSR count). The van der Waals surface area contributed by atoms with Gasteiger partial charge in [-0.15, -0.1) is 0 Å². The summed E-state index contributed by atoms with van der Waals surface area (Å²) in [4.78, 5) is 0. The van der Waals surface area contributed by atoms with Crippen LogP contribution in [0.1, 0.15) is 53.4 Å². The molecule has 0 amide bonds. The molecule has 1 fully saturated rings. The molecule has 8 heteroatoms. The molecule has 0 aromatic heterocycles. The van der Waals surface area contributed by atoms with Crippen molar-refractivity contribution in [2.75, 3.05) is 26.2 Å². The van der Waals surface area contributed by atoms with E-state index in [9.17, 15) is 10.3 Å². The van der Waals surface area contributed by atoms with Crippen molar-refractivity contribution in [1.82, 2.24) is 10.6 Å². The van der Waals surface area contributed by atoms with Gasteiger partial charge in [0.15, 0.2) is 0 Å². The third kappa shape index (κ3) is 6.93. The maximum absolute atomic E-state index is 9.95. The van der Waals surface area contributed by atoms with Crippen molar-refractivity contribution in [2.45, 2.75) is 83.7 Å². The van der Waals surface area contributed by atoms with E-state index < -0.39 is 0 Å². The van der Waals surface area contributed by atoms with Crippen LogP contribution in [-0.4, -0.2) is 77.8 Å². The molecule has 0 spiro atoms. The van der Waals surface area contributed by atoms with Crippen molar-refractivity contribution in [2.24, 2.45) is 16.9 Å². The molecule has 2 aliphatic rings. The van der Waals surface area contributed by atoms with Gasteiger partial charge in [0.05, 0.1) is 25.4 Å². The van der Waals surface area contributed by atoms with Crippen molar-refractivity contribution < 1.29 is 19.8 Å². The predicted octanol–water partition coefficient (Wildman–Crippen LogP) is 0.315. The van der Waals surface area contributed by atoms with Crippen molar-refractivity contribution in [3.8, 4) is 0 Å². The van der Waals surface area contributed by atoms with Gasteiger partial charge >= 0.3 is 0 Å². The van der Waals surface area contributed by atoms with E-state index >= 15 is 0 Å². The lowest BCUT2D eigenvalue weighted by Crippen LogP contribution is -2.48. The van der Waals surface area contributed by atoms with Crippen LogP contribution in [0.3, 0.4) is 0 Å². The molecular weight excluding hydrogens is 370 g/mol. The average molecular weight is 413 g/mol. The second kappa shape index (κ2) is 10.7. The van der Waals surface area contributed by atoms with Gasteiger partial charge in [0.1, 0.15) is 6.04 Å².